The number of rotatable bonds is 20. The Bertz CT molecular complexity index is 3580. The summed E-state index contributed by atoms with van der Waals surface area (Å²) in [5, 5.41) is 45.7. The van der Waals surface area contributed by atoms with Gasteiger partial charge in [0, 0.05) is 67.2 Å². The van der Waals surface area contributed by atoms with Gasteiger partial charge in [-0.1, -0.05) is 67.6 Å². The summed E-state index contributed by atoms with van der Waals surface area (Å²) in [6, 6.07) is 16.7. The number of aromatic amines is 1. The second kappa shape index (κ2) is 23.2. The number of hydrogen-bond donors (Lipinski definition) is 5. The van der Waals surface area contributed by atoms with Crippen molar-refractivity contribution < 1.29 is 38.4 Å². The number of nitrogens with one attached hydrogen (secondary N) is 3. The van der Waals surface area contributed by atoms with Crippen LogP contribution in [-0.2, 0) is 20.9 Å². The molecule has 3 aliphatic rings. The van der Waals surface area contributed by atoms with E-state index in [1.807, 2.05) is 83.1 Å². The van der Waals surface area contributed by atoms with Crippen LogP contribution in [-0.4, -0.2) is 138 Å². The third kappa shape index (κ3) is 11.1. The Hall–Kier alpha value is -7.43. The molecular formula is C60H69FN12O7S. The van der Waals surface area contributed by atoms with E-state index in [1.165, 1.54) is 27.0 Å². The number of likely N-dealkylation sites (tertiary alicyclic amines) is 1. The third-order valence-corrected chi connectivity index (χ3v) is 17.4. The van der Waals surface area contributed by atoms with Crippen LogP contribution in [0.2, 0.25) is 0 Å². The number of fused-ring (bicyclic) bond motifs is 2. The molecule has 8 aromatic rings. The molecule has 0 radical (unpaired) electrons. The second-order valence-corrected chi connectivity index (χ2v) is 23.0. The molecule has 5 N–H and O–H groups in total. The van der Waals surface area contributed by atoms with Gasteiger partial charge < -0.3 is 44.9 Å². The van der Waals surface area contributed by atoms with Gasteiger partial charge in [-0.05, 0) is 105 Å². The lowest BCUT2D eigenvalue weighted by molar-refractivity contribution is -0.142. The molecule has 4 aromatic carbocycles. The molecule has 0 unspecified atom stereocenters. The molecule has 2 amide bonds. The van der Waals surface area contributed by atoms with Gasteiger partial charge in [-0.25, -0.2) is 14.1 Å². The number of methoxy groups -OCH3 is 1. The molecule has 19 nitrogen and oxygen atoms in total. The van der Waals surface area contributed by atoms with Gasteiger partial charge in [0.15, 0.2) is 5.75 Å². The van der Waals surface area contributed by atoms with Crippen LogP contribution in [0.1, 0.15) is 99.3 Å². The lowest BCUT2D eigenvalue weighted by Gasteiger charge is -2.30. The minimum Gasteiger partial charge on any atom is -0.486 e. The first kappa shape index (κ1) is 55.5. The minimum atomic E-state index is -0.983. The number of aliphatic hydroxyl groups excluding tert-OH is 2. The number of nitrogens with zero attached hydrogens (tertiary/aromatic N) is 9. The number of aryl methyl sites for hydroxylation is 1. The third-order valence-electron chi connectivity index (χ3n) is 16.4. The maximum atomic E-state index is 16.1. The number of aromatic nitrogens is 8. The monoisotopic (exact) mass is 1120 g/mol. The van der Waals surface area contributed by atoms with Crippen LogP contribution in [0.3, 0.4) is 0 Å². The fourth-order valence-corrected chi connectivity index (χ4v) is 12.1. The molecule has 4 aromatic heterocycles. The molecule has 0 bridgehead atoms. The zero-order valence-electron chi connectivity index (χ0n) is 46.8. The summed E-state index contributed by atoms with van der Waals surface area (Å²) < 4.78 is 36.9. The smallest absolute Gasteiger partial charge is 0.319 e. The predicted molar refractivity (Wildman–Crippen MR) is 308 cm³/mol. The molecule has 1 aliphatic carbocycles. The van der Waals surface area contributed by atoms with E-state index in [0.717, 1.165) is 81.5 Å². The van der Waals surface area contributed by atoms with Gasteiger partial charge in [-0.2, -0.15) is 15.1 Å². The molecule has 21 heteroatoms. The van der Waals surface area contributed by atoms with Crippen LogP contribution in [0.5, 0.6) is 11.8 Å². The van der Waals surface area contributed by atoms with Gasteiger partial charge in [0.1, 0.15) is 47.6 Å². The molecule has 1 saturated carbocycles. The molecule has 6 heterocycles. The highest BCUT2D eigenvalue weighted by atomic mass is 32.1. The summed E-state index contributed by atoms with van der Waals surface area (Å²) in [6.07, 6.45) is 4.76. The Labute approximate surface area is 473 Å². The number of likely N-dealkylation sites (N-methyl/N-ethyl adjacent to an activating group) is 1. The number of ether oxygens (including phenoxy) is 3. The van der Waals surface area contributed by atoms with E-state index in [0.29, 0.717) is 45.0 Å². The number of aliphatic hydroxyl groups is 2. The lowest BCUT2D eigenvalue weighted by Crippen LogP contribution is -2.50. The summed E-state index contributed by atoms with van der Waals surface area (Å²) in [5.74, 6) is -0.125. The zero-order valence-corrected chi connectivity index (χ0v) is 47.6. The summed E-state index contributed by atoms with van der Waals surface area (Å²) >= 11 is 1.54. The molecule has 2 aliphatic heterocycles. The van der Waals surface area contributed by atoms with Crippen LogP contribution in [0.4, 0.5) is 10.2 Å². The first-order chi connectivity index (χ1) is 39.1. The van der Waals surface area contributed by atoms with Gasteiger partial charge in [-0.3, -0.25) is 14.7 Å². The van der Waals surface area contributed by atoms with Crippen molar-refractivity contribution in [2.24, 2.45) is 5.92 Å². The fourth-order valence-electron chi connectivity index (χ4n) is 11.3. The minimum absolute atomic E-state index is 0.0401. The molecule has 81 heavy (non-hydrogen) atoms. The van der Waals surface area contributed by atoms with E-state index >= 15 is 4.39 Å². The quantitative estimate of drug-likeness (QED) is 0.0483. The normalized spacial score (nSPS) is 18.9. The maximum absolute atomic E-state index is 16.1. The Balaban J connectivity index is 0.879. The van der Waals surface area contributed by atoms with E-state index in [9.17, 15) is 19.8 Å². The van der Waals surface area contributed by atoms with Crippen molar-refractivity contribution in [2.75, 3.05) is 45.3 Å². The highest BCUT2D eigenvalue weighted by molar-refractivity contribution is 7.13. The summed E-state index contributed by atoms with van der Waals surface area (Å²) in [4.78, 5) is 47.9. The van der Waals surface area contributed by atoms with Crippen LogP contribution in [0.25, 0.3) is 54.6 Å². The number of β-amino-alcohol motifs (C(OH)–C–C–N with tert-alkyl or cyclic N) is 1. The highest BCUT2D eigenvalue weighted by Gasteiger charge is 2.43. The van der Waals surface area contributed by atoms with Crippen molar-refractivity contribution in [1.82, 2.24) is 55.7 Å². The fraction of sp³-hybridized carbons (Fsp3) is 0.433. The number of benzene rings is 4. The van der Waals surface area contributed by atoms with Crippen molar-refractivity contribution in [1.29, 1.82) is 0 Å². The van der Waals surface area contributed by atoms with Gasteiger partial charge in [-0.15, -0.1) is 16.4 Å². The van der Waals surface area contributed by atoms with Gasteiger partial charge in [0.05, 0.1) is 58.8 Å². The Kier molecular flexibility index (Phi) is 15.9. The van der Waals surface area contributed by atoms with E-state index < -0.39 is 36.2 Å². The van der Waals surface area contributed by atoms with Gasteiger partial charge >= 0.3 is 6.01 Å². The standard InChI is InChI=1S/C60H69FN12O7S/c1-31(2)54(59(77)72-26-42(75)21-50(72)58(76)65-49(28-74)39-15-17-40(18-16-39)56-33(4)63-30-81-56)73-27-48(69-70-73)38-11-9-36(10-12-38)29-79-55-52(51-32(3)46(61)23-47-45(51)25-64-68-47)43(37-13-14-37)22-44-53(55)66-60(80-35(6)34(5)78-8)67-57(44)71(7)41-19-20-62-24-41/h9-12,15-18,22-23,25,27,30-31,34-35,37,41-42,49-50,54,62,74-75H,13-14,19-21,24,26,28-29H2,1-8H3,(H,64,68)(H,65,76)/t34-,35-,41-,42+,49-,50-,54-/m0/s1. The molecule has 11 rings (SSSR count). The van der Waals surface area contributed by atoms with Crippen LogP contribution in [0.15, 0.2) is 78.6 Å². The van der Waals surface area contributed by atoms with Crippen molar-refractivity contribution in [2.45, 2.75) is 122 Å². The molecule has 7 atom stereocenters. The number of amides is 2. The van der Waals surface area contributed by atoms with Crippen LogP contribution in [0, 0.1) is 25.6 Å². The maximum Gasteiger partial charge on any atom is 0.319 e. The summed E-state index contributed by atoms with van der Waals surface area (Å²) in [6.45, 7) is 12.8. The predicted octanol–water partition coefficient (Wildman–Crippen LogP) is 8.38. The number of halogens is 1. The van der Waals surface area contributed by atoms with E-state index in [2.05, 4.69) is 54.1 Å². The summed E-state index contributed by atoms with van der Waals surface area (Å²) in [5.41, 5.74) is 10.5. The number of carbonyl (C=O) groups excluding carboxylic acids is 2. The van der Waals surface area contributed by atoms with Gasteiger partial charge in [0.2, 0.25) is 11.8 Å². The average molecular weight is 1120 g/mol. The second-order valence-electron chi connectivity index (χ2n) is 22.2. The zero-order chi connectivity index (χ0) is 56.8. The molecule has 0 spiro atoms. The molecular weight excluding hydrogens is 1050 g/mol. The van der Waals surface area contributed by atoms with Crippen LogP contribution >= 0.6 is 11.3 Å². The first-order valence-electron chi connectivity index (χ1n) is 27.8. The first-order valence-corrected chi connectivity index (χ1v) is 28.7. The van der Waals surface area contributed by atoms with E-state index in [1.54, 1.807) is 31.9 Å². The Morgan fingerprint density at radius 2 is 1.74 bits per heavy atom. The highest BCUT2D eigenvalue weighted by Crippen LogP contribution is 2.53. The number of thiazole rings is 1. The molecule has 2 saturated heterocycles. The Morgan fingerprint density at radius 1 is 0.975 bits per heavy atom. The van der Waals surface area contributed by atoms with Crippen molar-refractivity contribution in [3.8, 4) is 44.6 Å². The molecule has 424 valence electrons. The van der Waals surface area contributed by atoms with E-state index in [-0.39, 0.29) is 67.9 Å². The molecule has 3 fully saturated rings. The van der Waals surface area contributed by atoms with Crippen LogP contribution < -0.4 is 25.0 Å². The summed E-state index contributed by atoms with van der Waals surface area (Å²) in [7, 11) is 3.69. The van der Waals surface area contributed by atoms with Crippen molar-refractivity contribution in [3.05, 3.63) is 112 Å². The largest absolute Gasteiger partial charge is 0.486 e. The van der Waals surface area contributed by atoms with E-state index in [4.69, 9.17) is 24.2 Å². The number of hydrogen-bond acceptors (Lipinski definition) is 16. The van der Waals surface area contributed by atoms with Gasteiger partial charge in [0.25, 0.3) is 0 Å². The van der Waals surface area contributed by atoms with Crippen molar-refractivity contribution >= 4 is 50.8 Å². The Morgan fingerprint density at radius 3 is 2.42 bits per heavy atom. The lowest BCUT2D eigenvalue weighted by atomic mass is 9.88. The topological polar surface area (TPSA) is 231 Å². The number of anilines is 1. The number of H-pyrrole nitrogens is 1. The number of carbonyl (C=O) groups is 2. The average Bonchev–Trinajstić information content (AvgIpc) is 3.54. The van der Waals surface area contributed by atoms with Crippen molar-refractivity contribution in [3.63, 3.8) is 0 Å². The SMILES string of the molecule is CO[C@@H](C)[C@H](C)Oc1nc(N(C)[C@H]2CCNC2)c2cc(C3CC3)c(-c3c(C)c(F)cc4[nH]ncc34)c(OCc3ccc(-c4cn([C@H](C(=O)N5C[C@H](O)C[C@H]5C(=O)N[C@@H](CO)c5ccc(-c6scnc6C)cc5)C(C)C)nn4)cc3)c2n1.